The van der Waals surface area contributed by atoms with Crippen molar-refractivity contribution in [2.75, 3.05) is 6.54 Å². The van der Waals surface area contributed by atoms with E-state index in [4.69, 9.17) is 0 Å². The van der Waals surface area contributed by atoms with Gasteiger partial charge >= 0.3 is 0 Å². The molecule has 3 aromatic rings. The summed E-state index contributed by atoms with van der Waals surface area (Å²) < 4.78 is 3.57. The van der Waals surface area contributed by atoms with Crippen LogP contribution in [0, 0.1) is 0 Å². The maximum absolute atomic E-state index is 12.9. The summed E-state index contributed by atoms with van der Waals surface area (Å²) >= 11 is 0. The van der Waals surface area contributed by atoms with Crippen molar-refractivity contribution in [1.29, 1.82) is 0 Å². The van der Waals surface area contributed by atoms with Gasteiger partial charge in [0.1, 0.15) is 11.6 Å². The van der Waals surface area contributed by atoms with Crippen molar-refractivity contribution >= 4 is 16.7 Å². The first-order valence-electron chi connectivity index (χ1n) is 10.4. The summed E-state index contributed by atoms with van der Waals surface area (Å²) in [6, 6.07) is 7.13. The Morgan fingerprint density at radius 2 is 1.97 bits per heavy atom. The number of nitrogens with zero attached hydrogens (tertiary/aromatic N) is 5. The quantitative estimate of drug-likeness (QED) is 0.691. The summed E-state index contributed by atoms with van der Waals surface area (Å²) in [6.07, 6.45) is 5.86. The van der Waals surface area contributed by atoms with Crippen LogP contribution in [0.25, 0.3) is 10.8 Å². The lowest BCUT2D eigenvalue weighted by Crippen LogP contribution is -2.32. The third kappa shape index (κ3) is 3.92. The molecule has 0 bridgehead atoms. The smallest absolute Gasteiger partial charge is 0.274 e. The normalized spacial score (nSPS) is 13.8. The van der Waals surface area contributed by atoms with Crippen molar-refractivity contribution in [1.82, 2.24) is 29.9 Å². The molecule has 0 fully saturated rings. The molecule has 0 atom stereocenters. The summed E-state index contributed by atoms with van der Waals surface area (Å²) in [5, 5.41) is 17.0. The fourth-order valence-electron chi connectivity index (χ4n) is 3.87. The summed E-state index contributed by atoms with van der Waals surface area (Å²) in [4.78, 5) is 25.4. The van der Waals surface area contributed by atoms with Crippen molar-refractivity contribution in [2.45, 2.75) is 58.5 Å². The number of amides is 1. The van der Waals surface area contributed by atoms with E-state index in [2.05, 4.69) is 25.2 Å². The van der Waals surface area contributed by atoms with E-state index < -0.39 is 0 Å². The first-order valence-corrected chi connectivity index (χ1v) is 10.4. The highest BCUT2D eigenvalue weighted by molar-refractivity contribution is 6.04. The summed E-state index contributed by atoms with van der Waals surface area (Å²) in [5.74, 6) is 1.68. The molecule has 3 heterocycles. The van der Waals surface area contributed by atoms with Gasteiger partial charge in [-0.05, 0) is 25.3 Å². The van der Waals surface area contributed by atoms with Crippen LogP contribution in [0.4, 0.5) is 0 Å². The molecule has 8 nitrogen and oxygen atoms in total. The van der Waals surface area contributed by atoms with Crippen LogP contribution in [0.5, 0.6) is 0 Å². The Balaban J connectivity index is 1.52. The predicted octanol–water partition coefficient (Wildman–Crippen LogP) is 2.10. The van der Waals surface area contributed by atoms with Gasteiger partial charge < -0.3 is 9.88 Å². The van der Waals surface area contributed by atoms with Gasteiger partial charge in [-0.3, -0.25) is 9.59 Å². The van der Waals surface area contributed by atoms with Crippen molar-refractivity contribution in [3.05, 3.63) is 52.0 Å². The predicted molar refractivity (Wildman–Crippen MR) is 110 cm³/mol. The van der Waals surface area contributed by atoms with Gasteiger partial charge in [0.15, 0.2) is 5.69 Å². The SMILES string of the molecule is CCCn1nc(C(=O)NCCc2nnc3n2CCCCC3)c2ccccc2c1=O. The molecule has 152 valence electrons. The van der Waals surface area contributed by atoms with E-state index in [1.165, 1.54) is 11.1 Å². The molecule has 8 heteroatoms. The lowest BCUT2D eigenvalue weighted by Gasteiger charge is -2.11. The minimum absolute atomic E-state index is 0.162. The Kier molecular flexibility index (Phi) is 5.69. The van der Waals surface area contributed by atoms with Gasteiger partial charge in [0, 0.05) is 37.9 Å². The zero-order chi connectivity index (χ0) is 20.2. The molecule has 0 aliphatic carbocycles. The highest BCUT2D eigenvalue weighted by Crippen LogP contribution is 2.15. The Labute approximate surface area is 168 Å². The second kappa shape index (κ2) is 8.55. The monoisotopic (exact) mass is 394 g/mol. The Hall–Kier alpha value is -3.03. The molecule has 29 heavy (non-hydrogen) atoms. The molecule has 1 aromatic carbocycles. The van der Waals surface area contributed by atoms with Crippen LogP contribution >= 0.6 is 0 Å². The van der Waals surface area contributed by atoms with Crippen LogP contribution in [0.15, 0.2) is 29.1 Å². The number of carbonyl (C=O) groups is 1. The lowest BCUT2D eigenvalue weighted by atomic mass is 10.1. The van der Waals surface area contributed by atoms with E-state index in [0.29, 0.717) is 30.3 Å². The van der Waals surface area contributed by atoms with Crippen LogP contribution < -0.4 is 10.9 Å². The van der Waals surface area contributed by atoms with Gasteiger partial charge in [0.05, 0.1) is 5.39 Å². The molecule has 0 unspecified atom stereocenters. The van der Waals surface area contributed by atoms with E-state index in [-0.39, 0.29) is 17.2 Å². The second-order valence-electron chi connectivity index (χ2n) is 7.42. The minimum atomic E-state index is -0.276. The number of benzene rings is 1. The standard InChI is InChI=1S/C21H26N6O2/c1-2-13-27-21(29)16-9-6-5-8-15(16)19(25-27)20(28)22-12-11-18-24-23-17-10-4-3-7-14-26(17)18/h5-6,8-9H,2-4,7,10-14H2,1H3,(H,22,28). The molecule has 1 aliphatic rings. The van der Waals surface area contributed by atoms with E-state index in [0.717, 1.165) is 43.9 Å². The third-order valence-electron chi connectivity index (χ3n) is 5.34. The van der Waals surface area contributed by atoms with E-state index in [1.54, 1.807) is 18.2 Å². The zero-order valence-corrected chi connectivity index (χ0v) is 16.7. The largest absolute Gasteiger partial charge is 0.350 e. The lowest BCUT2D eigenvalue weighted by molar-refractivity contribution is 0.0948. The Bertz CT molecular complexity index is 1080. The number of nitrogens with one attached hydrogen (secondary N) is 1. The molecule has 2 aromatic heterocycles. The van der Waals surface area contributed by atoms with Gasteiger partial charge in [-0.2, -0.15) is 5.10 Å². The average molecular weight is 394 g/mol. The summed E-state index contributed by atoms with van der Waals surface area (Å²) in [6.45, 7) is 3.85. The molecule has 1 aliphatic heterocycles. The molecule has 1 amide bonds. The van der Waals surface area contributed by atoms with E-state index >= 15 is 0 Å². The van der Waals surface area contributed by atoms with E-state index in [1.807, 2.05) is 13.0 Å². The van der Waals surface area contributed by atoms with Gasteiger partial charge in [-0.1, -0.05) is 31.5 Å². The molecule has 0 radical (unpaired) electrons. The van der Waals surface area contributed by atoms with Crippen molar-refractivity contribution in [2.24, 2.45) is 0 Å². The average Bonchev–Trinajstić information content (AvgIpc) is 2.96. The number of carbonyl (C=O) groups excluding carboxylic acids is 1. The van der Waals surface area contributed by atoms with Crippen LogP contribution in [0.2, 0.25) is 0 Å². The van der Waals surface area contributed by atoms with Gasteiger partial charge in [0.2, 0.25) is 0 Å². The molecule has 4 rings (SSSR count). The number of rotatable bonds is 6. The Morgan fingerprint density at radius 1 is 1.14 bits per heavy atom. The maximum atomic E-state index is 12.9. The molecule has 0 saturated carbocycles. The topological polar surface area (TPSA) is 94.7 Å². The number of hydrogen-bond acceptors (Lipinski definition) is 5. The number of hydrogen-bond donors (Lipinski definition) is 1. The summed E-state index contributed by atoms with van der Waals surface area (Å²) in [5.41, 5.74) is 0.124. The molecule has 0 spiro atoms. The van der Waals surface area contributed by atoms with Gasteiger partial charge in [-0.15, -0.1) is 10.2 Å². The number of aromatic nitrogens is 5. The van der Waals surface area contributed by atoms with Crippen molar-refractivity contribution in [3.63, 3.8) is 0 Å². The molecular formula is C21H26N6O2. The molecule has 0 saturated heterocycles. The first kappa shape index (κ1) is 19.3. The fraction of sp³-hybridized carbons (Fsp3) is 0.476. The zero-order valence-electron chi connectivity index (χ0n) is 16.7. The van der Waals surface area contributed by atoms with Gasteiger partial charge in [0.25, 0.3) is 11.5 Å². The number of fused-ring (bicyclic) bond motifs is 2. The van der Waals surface area contributed by atoms with Crippen LogP contribution in [0.3, 0.4) is 0 Å². The van der Waals surface area contributed by atoms with Gasteiger partial charge in [-0.25, -0.2) is 4.68 Å². The van der Waals surface area contributed by atoms with Crippen molar-refractivity contribution < 1.29 is 4.79 Å². The second-order valence-corrected chi connectivity index (χ2v) is 7.42. The fourth-order valence-corrected chi connectivity index (χ4v) is 3.87. The highest BCUT2D eigenvalue weighted by atomic mass is 16.2. The Morgan fingerprint density at radius 3 is 2.79 bits per heavy atom. The molecular weight excluding hydrogens is 368 g/mol. The summed E-state index contributed by atoms with van der Waals surface area (Å²) in [7, 11) is 0. The minimum Gasteiger partial charge on any atom is -0.350 e. The van der Waals surface area contributed by atoms with Crippen LogP contribution in [0.1, 0.15) is 54.7 Å². The van der Waals surface area contributed by atoms with Crippen LogP contribution in [-0.4, -0.2) is 37.0 Å². The van der Waals surface area contributed by atoms with Crippen LogP contribution in [-0.2, 0) is 25.9 Å². The molecule has 1 N–H and O–H groups in total. The highest BCUT2D eigenvalue weighted by Gasteiger charge is 2.18. The third-order valence-corrected chi connectivity index (χ3v) is 5.34. The van der Waals surface area contributed by atoms with Crippen molar-refractivity contribution in [3.8, 4) is 0 Å². The maximum Gasteiger partial charge on any atom is 0.274 e. The first-order chi connectivity index (χ1) is 14.2. The number of aryl methyl sites for hydroxylation is 2. The van der Waals surface area contributed by atoms with E-state index in [9.17, 15) is 9.59 Å².